The number of hydrogen-bond acceptors (Lipinski definition) is 6. The van der Waals surface area contributed by atoms with Gasteiger partial charge in [0.2, 0.25) is 0 Å². The Morgan fingerprint density at radius 3 is 2.61 bits per heavy atom. The highest BCUT2D eigenvalue weighted by Crippen LogP contribution is 2.27. The minimum atomic E-state index is -1.20. The average molecular weight is 447 g/mol. The number of anilines is 1. The van der Waals surface area contributed by atoms with Crippen LogP contribution < -0.4 is 10.6 Å². The summed E-state index contributed by atoms with van der Waals surface area (Å²) < 4.78 is 1.69. The van der Waals surface area contributed by atoms with Gasteiger partial charge in [-0.25, -0.2) is 14.5 Å². The molecule has 9 nitrogen and oxygen atoms in total. The van der Waals surface area contributed by atoms with Gasteiger partial charge in [0.15, 0.2) is 0 Å². The van der Waals surface area contributed by atoms with Gasteiger partial charge >= 0.3 is 6.03 Å². The molecule has 0 saturated carbocycles. The van der Waals surface area contributed by atoms with Crippen LogP contribution in [-0.4, -0.2) is 41.6 Å². The summed E-state index contributed by atoms with van der Waals surface area (Å²) in [5.74, 6) is 0.261. The predicted molar refractivity (Wildman–Crippen MR) is 125 cm³/mol. The van der Waals surface area contributed by atoms with Crippen molar-refractivity contribution in [2.24, 2.45) is 0 Å². The van der Waals surface area contributed by atoms with E-state index in [4.69, 9.17) is 0 Å². The quantitative estimate of drug-likeness (QED) is 0.360. The second-order valence-electron chi connectivity index (χ2n) is 8.36. The Balaban J connectivity index is 1.62. The number of aryl methyl sites for hydroxylation is 1. The first kappa shape index (κ1) is 22.4. The maximum Gasteiger partial charge on any atom is 0.320 e. The zero-order valence-corrected chi connectivity index (χ0v) is 18.6. The molecule has 3 heterocycles. The van der Waals surface area contributed by atoms with E-state index in [0.29, 0.717) is 16.6 Å². The van der Waals surface area contributed by atoms with E-state index in [1.807, 2.05) is 49.4 Å². The van der Waals surface area contributed by atoms with Gasteiger partial charge in [-0.3, -0.25) is 10.3 Å². The number of nitrogens with zero attached hydrogens (tertiary/aromatic N) is 4. The minimum Gasteiger partial charge on any atom is -0.390 e. The van der Waals surface area contributed by atoms with E-state index in [1.165, 1.54) is 0 Å². The third-order valence-corrected chi connectivity index (χ3v) is 5.25. The fraction of sp³-hybridized carbons (Fsp3) is 0.250. The molecule has 0 radical (unpaired) electrons. The van der Waals surface area contributed by atoms with Crippen LogP contribution in [0, 0.1) is 6.92 Å². The fourth-order valence-electron chi connectivity index (χ4n) is 3.76. The third-order valence-electron chi connectivity index (χ3n) is 5.25. The number of fused-ring (bicyclic) bond motifs is 1. The Hall–Kier alpha value is -3.82. The molecule has 0 bridgehead atoms. The van der Waals surface area contributed by atoms with Crippen molar-refractivity contribution in [2.75, 3.05) is 5.32 Å². The standard InChI is InChI=1S/C24H26N6O3/c1-15-11-18(9-10-25-15)30-21-17(13-26-30)12-20(27-19(21)14-31)28-23(32)29-22(24(2,3)33)16-7-5-4-6-8-16/h4-13,22,31,33H,14H2,1-3H3,(H2,27,28,29,32). The highest BCUT2D eigenvalue weighted by Gasteiger charge is 2.30. The molecule has 33 heavy (non-hydrogen) atoms. The van der Waals surface area contributed by atoms with E-state index in [0.717, 1.165) is 16.9 Å². The Morgan fingerprint density at radius 2 is 1.94 bits per heavy atom. The van der Waals surface area contributed by atoms with E-state index < -0.39 is 17.7 Å². The molecule has 0 spiro atoms. The highest BCUT2D eigenvalue weighted by molar-refractivity contribution is 5.92. The summed E-state index contributed by atoms with van der Waals surface area (Å²) in [6.45, 7) is 4.82. The molecule has 0 saturated heterocycles. The Morgan fingerprint density at radius 1 is 1.18 bits per heavy atom. The van der Waals surface area contributed by atoms with Gasteiger partial charge in [-0.05, 0) is 44.5 Å². The minimum absolute atomic E-state index is 0.261. The van der Waals surface area contributed by atoms with E-state index >= 15 is 0 Å². The normalized spacial score (nSPS) is 12.5. The van der Waals surface area contributed by atoms with Gasteiger partial charge in [0.05, 0.1) is 41.3 Å². The summed E-state index contributed by atoms with van der Waals surface area (Å²) in [7, 11) is 0. The number of carbonyl (C=O) groups is 1. The SMILES string of the molecule is Cc1cc(-n2ncc3cc(NC(=O)NC(c4ccccc4)C(C)(C)O)nc(CO)c32)ccn1. The van der Waals surface area contributed by atoms with E-state index in [9.17, 15) is 15.0 Å². The predicted octanol–water partition coefficient (Wildman–Crippen LogP) is 3.25. The summed E-state index contributed by atoms with van der Waals surface area (Å²) in [5.41, 5.74) is 2.22. The Bertz CT molecular complexity index is 1280. The second-order valence-corrected chi connectivity index (χ2v) is 8.36. The van der Waals surface area contributed by atoms with Gasteiger partial charge in [-0.1, -0.05) is 30.3 Å². The molecule has 2 amide bonds. The number of nitrogens with one attached hydrogen (secondary N) is 2. The number of amides is 2. The van der Waals surface area contributed by atoms with Crippen LogP contribution in [0.15, 0.2) is 60.9 Å². The molecule has 4 N–H and O–H groups in total. The second kappa shape index (κ2) is 8.97. The number of aliphatic hydroxyl groups excluding tert-OH is 1. The molecule has 0 aliphatic heterocycles. The lowest BCUT2D eigenvalue weighted by Gasteiger charge is -2.30. The Kier molecular flexibility index (Phi) is 6.08. The maximum atomic E-state index is 12.8. The summed E-state index contributed by atoms with van der Waals surface area (Å²) in [4.78, 5) is 21.4. The molecule has 4 rings (SSSR count). The lowest BCUT2D eigenvalue weighted by Crippen LogP contribution is -2.44. The molecule has 9 heteroatoms. The molecule has 4 aromatic rings. The first-order valence-electron chi connectivity index (χ1n) is 10.5. The van der Waals surface area contributed by atoms with Crippen LogP contribution >= 0.6 is 0 Å². The van der Waals surface area contributed by atoms with Crippen molar-refractivity contribution in [3.05, 3.63) is 77.9 Å². The van der Waals surface area contributed by atoms with Crippen LogP contribution in [0.25, 0.3) is 16.6 Å². The van der Waals surface area contributed by atoms with E-state index in [1.54, 1.807) is 37.0 Å². The summed E-state index contributed by atoms with van der Waals surface area (Å²) in [6.07, 6.45) is 3.34. The largest absolute Gasteiger partial charge is 0.390 e. The van der Waals surface area contributed by atoms with Crippen LogP contribution in [0.3, 0.4) is 0 Å². The fourth-order valence-corrected chi connectivity index (χ4v) is 3.76. The third kappa shape index (κ3) is 4.84. The van der Waals surface area contributed by atoms with Gasteiger partial charge in [-0.15, -0.1) is 0 Å². The number of urea groups is 1. The number of pyridine rings is 2. The number of rotatable bonds is 6. The summed E-state index contributed by atoms with van der Waals surface area (Å²) >= 11 is 0. The molecule has 0 fully saturated rings. The summed E-state index contributed by atoms with van der Waals surface area (Å²) in [6, 6.07) is 13.5. The van der Waals surface area contributed by atoms with Crippen molar-refractivity contribution < 1.29 is 15.0 Å². The van der Waals surface area contributed by atoms with Crippen LogP contribution in [-0.2, 0) is 6.61 Å². The number of hydrogen-bond donors (Lipinski definition) is 4. The molecule has 1 atom stereocenters. The molecule has 1 aromatic carbocycles. The van der Waals surface area contributed by atoms with Gasteiger partial charge in [0.25, 0.3) is 0 Å². The number of carbonyl (C=O) groups excluding carboxylic acids is 1. The van der Waals surface area contributed by atoms with Crippen molar-refractivity contribution >= 4 is 22.8 Å². The van der Waals surface area contributed by atoms with Gasteiger partial charge in [0, 0.05) is 17.3 Å². The molecule has 3 aromatic heterocycles. The summed E-state index contributed by atoms with van der Waals surface area (Å²) in [5, 5.41) is 31.2. The number of aromatic nitrogens is 4. The van der Waals surface area contributed by atoms with E-state index in [-0.39, 0.29) is 12.4 Å². The smallest absolute Gasteiger partial charge is 0.320 e. The lowest BCUT2D eigenvalue weighted by atomic mass is 9.92. The molecule has 0 aliphatic rings. The number of aliphatic hydroxyl groups is 2. The van der Waals surface area contributed by atoms with Crippen molar-refractivity contribution in [3.63, 3.8) is 0 Å². The zero-order valence-electron chi connectivity index (χ0n) is 18.6. The molecule has 170 valence electrons. The monoisotopic (exact) mass is 446 g/mol. The van der Waals surface area contributed by atoms with Crippen LogP contribution in [0.2, 0.25) is 0 Å². The number of benzene rings is 1. The molecule has 1 unspecified atom stereocenters. The van der Waals surface area contributed by atoms with Crippen molar-refractivity contribution in [3.8, 4) is 5.69 Å². The highest BCUT2D eigenvalue weighted by atomic mass is 16.3. The van der Waals surface area contributed by atoms with Crippen molar-refractivity contribution in [2.45, 2.75) is 39.0 Å². The average Bonchev–Trinajstić information content (AvgIpc) is 3.21. The van der Waals surface area contributed by atoms with Crippen LogP contribution in [0.1, 0.15) is 36.8 Å². The topological polar surface area (TPSA) is 125 Å². The van der Waals surface area contributed by atoms with Gasteiger partial charge in [-0.2, -0.15) is 5.10 Å². The lowest BCUT2D eigenvalue weighted by molar-refractivity contribution is 0.0415. The van der Waals surface area contributed by atoms with E-state index in [2.05, 4.69) is 25.7 Å². The first-order chi connectivity index (χ1) is 15.8. The first-order valence-corrected chi connectivity index (χ1v) is 10.5. The Labute approximate surface area is 191 Å². The van der Waals surface area contributed by atoms with Crippen LogP contribution in [0.4, 0.5) is 10.6 Å². The molecular weight excluding hydrogens is 420 g/mol. The van der Waals surface area contributed by atoms with Gasteiger partial charge < -0.3 is 15.5 Å². The van der Waals surface area contributed by atoms with Crippen molar-refractivity contribution in [1.82, 2.24) is 25.1 Å². The van der Waals surface area contributed by atoms with Crippen LogP contribution in [0.5, 0.6) is 0 Å². The molecule has 0 aliphatic carbocycles. The van der Waals surface area contributed by atoms with Crippen molar-refractivity contribution in [1.29, 1.82) is 0 Å². The maximum absolute atomic E-state index is 12.8. The zero-order chi connectivity index (χ0) is 23.6. The molecular formula is C24H26N6O3. The van der Waals surface area contributed by atoms with Gasteiger partial charge in [0.1, 0.15) is 5.82 Å².